The Morgan fingerprint density at radius 2 is 0.448 bits per heavy atom. The molecule has 12 heteroatoms. The van der Waals surface area contributed by atoms with Crippen LogP contribution in [-0.4, -0.2) is 39.9 Å². The van der Waals surface area contributed by atoms with Gasteiger partial charge in [0.2, 0.25) is 11.4 Å². The van der Waals surface area contributed by atoms with Crippen LogP contribution in [0.4, 0.5) is 17.1 Å². The second-order valence-corrected chi connectivity index (χ2v) is 28.9. The van der Waals surface area contributed by atoms with E-state index in [1.54, 1.807) is 43.4 Å². The Labute approximate surface area is 659 Å². The van der Waals surface area contributed by atoms with Crippen LogP contribution in [0.1, 0.15) is 5.56 Å². The fraction of sp³-hybridized carbons (Fsp3) is 0. The maximum absolute atomic E-state index is 9.90. The maximum atomic E-state index is 9.90. The minimum atomic E-state index is -0.0856. The van der Waals surface area contributed by atoms with Gasteiger partial charge in [-0.05, 0) is 141 Å². The van der Waals surface area contributed by atoms with E-state index in [1.165, 1.54) is 135 Å². The molecule has 12 nitrogen and oxygen atoms in total. The number of nitrogens with zero attached hydrogens (tertiary/aromatic N) is 12. The van der Waals surface area contributed by atoms with Crippen molar-refractivity contribution in [2.75, 3.05) is 0 Å². The lowest BCUT2D eigenvalue weighted by molar-refractivity contribution is 1.31. The number of rotatable bonds is 0. The number of nitriles is 1. The largest absolute Gasteiger partial charge is 0.262 e. The van der Waals surface area contributed by atoms with Crippen LogP contribution in [0.5, 0.6) is 0 Å². The zero-order valence-electron chi connectivity index (χ0n) is 61.5. The fourth-order valence-corrected chi connectivity index (χ4v) is 18.3. The first-order valence-corrected chi connectivity index (χ1v) is 38.0. The van der Waals surface area contributed by atoms with Crippen LogP contribution >= 0.6 is 0 Å². The van der Waals surface area contributed by atoms with E-state index >= 15 is 0 Å². The molecule has 0 atom stereocenters. The van der Waals surface area contributed by atoms with Crippen molar-refractivity contribution in [1.82, 2.24) is 39.9 Å². The summed E-state index contributed by atoms with van der Waals surface area (Å²) in [6, 6.07) is 100. The van der Waals surface area contributed by atoms with Crippen LogP contribution in [0.15, 0.2) is 329 Å². The van der Waals surface area contributed by atoms with Gasteiger partial charge in [-0.2, -0.15) is 5.26 Å². The van der Waals surface area contributed by atoms with Crippen LogP contribution in [0.2, 0.25) is 0 Å². The molecule has 0 aliphatic heterocycles. The molecule has 0 aliphatic carbocycles. The van der Waals surface area contributed by atoms with Gasteiger partial charge < -0.3 is 0 Å². The van der Waals surface area contributed by atoms with E-state index < -0.39 is 0 Å². The highest BCUT2D eigenvalue weighted by atomic mass is 14.8. The number of hydrogen-bond donors (Lipinski definition) is 0. The standard InChI is InChI=1S/C28H10N6.C28H16N2.2C24H14N2/c1-30-24-20-12-18-17-9-8-15-6-4-5-7-16(15)23(17)27-26(33-10-11-34-27)21(18)13-19(20)22(14-29)25(31-2)28(24)32-3;1-2-8-18-17(7-1)13-14-23-24-21-11-5-3-9-19(21)20-10-4-6-12-22(20)26(24)28-27(25(18)23)29-15-16-30-28;1-3-7-17-15(5-1)10-12-20-21(17)19-11-9-16-6-2-4-8-18(16)22(19)24-23(20)25-13-14-26-24;1-3-7-17-15(5-1)9-11-19-20-12-10-16-6-2-4-8-18(16)22(20)24-23(21(17)19)25-13-14-26-24/h4-13H;1-16H;2*1-14H. The SMILES string of the molecule is [C-]#[N+]c1c([N+]#[C-])c([N+]#[C-])c2cc3c(cc2c1C#N)c1nccnc1c1c2ccccc2ccc31.c1ccc2c(c1)ccc1c2c2nccnc2c2c3ccccc3c3ccccc3c12.c1ccc2c(c1)ccc1c3ccc4ccccc4c3c3nccnc3c21.c1ccc2c(c1)ccc1c3nccnc3c3c4ccccc4ccc3c21. The smallest absolute Gasteiger partial charge is 0.202 e. The van der Waals surface area contributed by atoms with Gasteiger partial charge >= 0.3 is 0 Å². The molecule has 0 N–H and O–H groups in total. The Bertz CT molecular complexity index is 8660. The molecule has 0 amide bonds. The average Bonchev–Trinajstić information content (AvgIpc) is 0.689. The normalized spacial score (nSPS) is 11.6. The molecule has 4 heterocycles. The minimum Gasteiger partial charge on any atom is -0.262 e. The summed E-state index contributed by atoms with van der Waals surface area (Å²) in [7, 11) is 0. The average molecular weight is 1470 g/mol. The summed E-state index contributed by atoms with van der Waals surface area (Å²) < 4.78 is 0. The molecule has 0 unspecified atom stereocenters. The van der Waals surface area contributed by atoms with E-state index in [9.17, 15) is 5.26 Å². The van der Waals surface area contributed by atoms with Crippen molar-refractivity contribution in [1.29, 1.82) is 5.26 Å². The van der Waals surface area contributed by atoms with Crippen LogP contribution in [0.3, 0.4) is 0 Å². The van der Waals surface area contributed by atoms with Gasteiger partial charge in [0.15, 0.2) is 5.69 Å². The third-order valence-electron chi connectivity index (χ3n) is 23.2. The Kier molecular flexibility index (Phi) is 15.2. The summed E-state index contributed by atoms with van der Waals surface area (Å²) in [6.45, 7) is 22.9. The number of fused-ring (bicyclic) bond motifs is 42. The van der Waals surface area contributed by atoms with E-state index in [2.05, 4.69) is 267 Å². The lowest BCUT2D eigenvalue weighted by Gasteiger charge is -2.16. The summed E-state index contributed by atoms with van der Waals surface area (Å²) in [5.74, 6) is 0. The molecular weight excluding hydrogens is 1420 g/mol. The van der Waals surface area contributed by atoms with E-state index in [1.807, 2.05) is 48.7 Å². The van der Waals surface area contributed by atoms with Gasteiger partial charge in [0.05, 0.1) is 75.5 Å². The quantitative estimate of drug-likeness (QED) is 0.0824. The lowest BCUT2D eigenvalue weighted by atomic mass is 9.88. The van der Waals surface area contributed by atoms with Crippen LogP contribution < -0.4 is 0 Å². The van der Waals surface area contributed by atoms with Gasteiger partial charge in [-0.1, -0.05) is 273 Å². The first-order chi connectivity index (χ1) is 57.5. The first kappa shape index (κ1) is 66.4. The van der Waals surface area contributed by atoms with Gasteiger partial charge in [-0.3, -0.25) is 54.4 Å². The molecule has 25 rings (SSSR count). The molecule has 0 saturated heterocycles. The zero-order valence-corrected chi connectivity index (χ0v) is 61.5. The topological polar surface area (TPSA) is 140 Å². The second-order valence-electron chi connectivity index (χ2n) is 28.9. The summed E-state index contributed by atoms with van der Waals surface area (Å²) in [6.07, 6.45) is 14.1. The number of hydrogen-bond acceptors (Lipinski definition) is 9. The molecule has 21 aromatic carbocycles. The van der Waals surface area contributed by atoms with Crippen molar-refractivity contribution in [2.24, 2.45) is 0 Å². The molecule has 0 fully saturated rings. The highest BCUT2D eigenvalue weighted by Gasteiger charge is 2.25. The van der Waals surface area contributed by atoms with E-state index in [4.69, 9.17) is 49.6 Å². The molecule has 25 aromatic rings. The summed E-state index contributed by atoms with van der Waals surface area (Å²) >= 11 is 0. The van der Waals surface area contributed by atoms with Gasteiger partial charge in [0, 0.05) is 98.1 Å². The molecule has 0 radical (unpaired) electrons. The second kappa shape index (κ2) is 26.6. The lowest BCUT2D eigenvalue weighted by Crippen LogP contribution is -1.92. The first-order valence-electron chi connectivity index (χ1n) is 38.0. The monoisotopic (exact) mass is 1470 g/mol. The maximum Gasteiger partial charge on any atom is 0.202 e. The van der Waals surface area contributed by atoms with Crippen molar-refractivity contribution < 1.29 is 0 Å². The molecular formula is C104H54N12. The fourth-order valence-electron chi connectivity index (χ4n) is 18.3. The molecule has 116 heavy (non-hydrogen) atoms. The molecule has 4 aromatic heterocycles. The number of aromatic nitrogens is 8. The summed E-state index contributed by atoms with van der Waals surface area (Å²) in [5, 5.41) is 48.4. The van der Waals surface area contributed by atoms with Gasteiger partial charge in [0.1, 0.15) is 0 Å². The van der Waals surface area contributed by atoms with Crippen LogP contribution in [0.25, 0.3) is 242 Å². The Morgan fingerprint density at radius 1 is 0.190 bits per heavy atom. The summed E-state index contributed by atoms with van der Waals surface area (Å²) in [4.78, 5) is 48.4. The number of benzene rings is 21. The van der Waals surface area contributed by atoms with Gasteiger partial charge in [0.25, 0.3) is 0 Å². The van der Waals surface area contributed by atoms with Crippen LogP contribution in [0, 0.1) is 31.0 Å². The van der Waals surface area contributed by atoms with Crippen molar-refractivity contribution in [3.63, 3.8) is 0 Å². The molecule has 0 bridgehead atoms. The highest BCUT2D eigenvalue weighted by molar-refractivity contribution is 6.42. The molecule has 0 spiro atoms. The van der Waals surface area contributed by atoms with Crippen molar-refractivity contribution in [2.45, 2.75) is 0 Å². The minimum absolute atomic E-state index is 0.0799. The Balaban J connectivity index is 0.0000000943. The van der Waals surface area contributed by atoms with Crippen LogP contribution in [-0.2, 0) is 0 Å². The Hall–Kier alpha value is -16.6. The molecule has 530 valence electrons. The predicted octanol–water partition coefficient (Wildman–Crippen LogP) is 27.6. The Morgan fingerprint density at radius 3 is 0.828 bits per heavy atom. The highest BCUT2D eigenvalue weighted by Crippen LogP contribution is 2.51. The van der Waals surface area contributed by atoms with E-state index in [-0.39, 0.29) is 22.6 Å². The van der Waals surface area contributed by atoms with Crippen molar-refractivity contribution in [3.8, 4) is 6.07 Å². The van der Waals surface area contributed by atoms with E-state index in [0.717, 1.165) is 76.3 Å². The molecule has 0 aliphatic rings. The van der Waals surface area contributed by atoms with Crippen molar-refractivity contribution >= 4 is 244 Å². The third kappa shape index (κ3) is 9.95. The summed E-state index contributed by atoms with van der Waals surface area (Å²) in [5.41, 5.74) is 7.27. The van der Waals surface area contributed by atoms with Gasteiger partial charge in [-0.25, -0.2) is 0 Å². The van der Waals surface area contributed by atoms with E-state index in [0.29, 0.717) is 16.3 Å². The predicted molar refractivity (Wildman–Crippen MR) is 479 cm³/mol. The van der Waals surface area contributed by atoms with Crippen molar-refractivity contribution in [3.05, 3.63) is 368 Å². The van der Waals surface area contributed by atoms with Gasteiger partial charge in [-0.15, -0.1) is 0 Å². The third-order valence-corrected chi connectivity index (χ3v) is 23.2. The zero-order chi connectivity index (χ0) is 77.2. The molecule has 0 saturated carbocycles.